The predicted octanol–water partition coefficient (Wildman–Crippen LogP) is 3.73. The Bertz CT molecular complexity index is 763. The number of anilines is 1. The molecule has 2 heterocycles. The van der Waals surface area contributed by atoms with Gasteiger partial charge in [0.15, 0.2) is 5.96 Å². The van der Waals surface area contributed by atoms with Gasteiger partial charge in [0, 0.05) is 56.1 Å². The largest absolute Gasteiger partial charge is 0.362 e. The average Bonchev–Trinajstić information content (AvgIpc) is 3.19. The zero-order valence-corrected chi connectivity index (χ0v) is 18.0. The van der Waals surface area contributed by atoms with Crippen LogP contribution in [0.25, 0.3) is 0 Å². The number of aromatic nitrogens is 1. The molecule has 2 aromatic rings. The number of rotatable bonds is 7. The fourth-order valence-corrected chi connectivity index (χ4v) is 4.48. The first-order valence-corrected chi connectivity index (χ1v) is 11.0. The van der Waals surface area contributed by atoms with Crippen molar-refractivity contribution in [1.29, 1.82) is 0 Å². The van der Waals surface area contributed by atoms with Gasteiger partial charge in [-0.15, -0.1) is 11.8 Å². The molecule has 1 fully saturated rings. The lowest BCUT2D eigenvalue weighted by Crippen LogP contribution is -2.40. The first-order valence-electron chi connectivity index (χ1n) is 9.99. The van der Waals surface area contributed by atoms with Crippen molar-refractivity contribution in [3.63, 3.8) is 0 Å². The Labute approximate surface area is 173 Å². The Kier molecular flexibility index (Phi) is 7.60. The van der Waals surface area contributed by atoms with E-state index in [1.54, 1.807) is 0 Å². The lowest BCUT2D eigenvalue weighted by atomic mass is 10.2. The van der Waals surface area contributed by atoms with Crippen molar-refractivity contribution in [3.8, 4) is 0 Å². The molecule has 3 rings (SSSR count). The van der Waals surface area contributed by atoms with E-state index in [0.29, 0.717) is 12.5 Å². The maximum absolute atomic E-state index is 4.92. The maximum atomic E-state index is 4.92. The zero-order valence-electron chi connectivity index (χ0n) is 17.1. The summed E-state index contributed by atoms with van der Waals surface area (Å²) in [4.78, 5) is 15.2. The molecule has 28 heavy (non-hydrogen) atoms. The molecule has 1 aliphatic heterocycles. The lowest BCUT2D eigenvalue weighted by Gasteiger charge is -2.22. The summed E-state index contributed by atoms with van der Waals surface area (Å²) in [5.41, 5.74) is 1.15. The second-order valence-corrected chi connectivity index (χ2v) is 8.37. The smallest absolute Gasteiger partial charge is 0.194 e. The van der Waals surface area contributed by atoms with Gasteiger partial charge in [0.2, 0.25) is 0 Å². The van der Waals surface area contributed by atoms with Crippen LogP contribution in [-0.4, -0.2) is 55.3 Å². The van der Waals surface area contributed by atoms with E-state index >= 15 is 0 Å². The van der Waals surface area contributed by atoms with Gasteiger partial charge in [0.25, 0.3) is 0 Å². The van der Waals surface area contributed by atoms with E-state index < -0.39 is 0 Å². The first-order chi connectivity index (χ1) is 13.7. The average molecular weight is 398 g/mol. The Morgan fingerprint density at radius 1 is 1.25 bits per heavy atom. The third-order valence-corrected chi connectivity index (χ3v) is 6.08. The van der Waals surface area contributed by atoms with Gasteiger partial charge in [-0.25, -0.2) is 9.98 Å². The van der Waals surface area contributed by atoms with Crippen molar-refractivity contribution >= 4 is 23.5 Å². The number of likely N-dealkylation sites (tertiary alicyclic amines) is 1. The van der Waals surface area contributed by atoms with Gasteiger partial charge >= 0.3 is 0 Å². The van der Waals surface area contributed by atoms with E-state index in [1.165, 1.54) is 11.3 Å². The van der Waals surface area contributed by atoms with Crippen LogP contribution >= 0.6 is 11.8 Å². The molecular weight excluding hydrogens is 366 g/mol. The minimum Gasteiger partial charge on any atom is -0.362 e. The van der Waals surface area contributed by atoms with E-state index in [-0.39, 0.29) is 0 Å². The normalized spacial score (nSPS) is 17.0. The summed E-state index contributed by atoms with van der Waals surface area (Å²) in [6, 6.07) is 14.8. The monoisotopic (exact) mass is 397 g/mol. The van der Waals surface area contributed by atoms with Crippen LogP contribution in [-0.2, 0) is 6.54 Å². The molecule has 5 nitrogen and oxygen atoms in total. The fraction of sp³-hybridized carbons (Fsp3) is 0.455. The van der Waals surface area contributed by atoms with Crippen LogP contribution in [0.4, 0.5) is 5.82 Å². The van der Waals surface area contributed by atoms with Crippen LogP contribution in [0.3, 0.4) is 0 Å². The second kappa shape index (κ2) is 10.4. The molecule has 0 amide bonds. The number of thioether (sulfide) groups is 1. The number of aliphatic imine (C=N–C) groups is 1. The molecule has 1 aliphatic rings. The van der Waals surface area contributed by atoms with Crippen molar-refractivity contribution in [3.05, 3.63) is 54.2 Å². The lowest BCUT2D eigenvalue weighted by molar-refractivity contribution is 0.474. The van der Waals surface area contributed by atoms with E-state index in [1.807, 2.05) is 43.0 Å². The summed E-state index contributed by atoms with van der Waals surface area (Å²) in [6.45, 7) is 5.79. The number of nitrogens with zero attached hydrogens (tertiary/aromatic N) is 4. The quantitative estimate of drug-likeness (QED) is 0.438. The highest BCUT2D eigenvalue weighted by Crippen LogP contribution is 2.26. The Morgan fingerprint density at radius 3 is 2.82 bits per heavy atom. The maximum Gasteiger partial charge on any atom is 0.194 e. The van der Waals surface area contributed by atoms with Gasteiger partial charge in [0.05, 0.1) is 6.54 Å². The highest BCUT2D eigenvalue weighted by molar-refractivity contribution is 7.99. The van der Waals surface area contributed by atoms with Crippen LogP contribution in [0.2, 0.25) is 0 Å². The summed E-state index contributed by atoms with van der Waals surface area (Å²) in [6.07, 6.45) is 3.06. The topological polar surface area (TPSA) is 43.8 Å². The highest BCUT2D eigenvalue weighted by atomic mass is 32.2. The SMILES string of the molecule is CCNC(=NCc1cccnc1N(C)C)N1CCC(CSc2ccccc2)C1. The molecular formula is C22H31N5S. The molecule has 0 bridgehead atoms. The van der Waals surface area contributed by atoms with Crippen LogP contribution in [0.1, 0.15) is 18.9 Å². The fourth-order valence-electron chi connectivity index (χ4n) is 3.43. The van der Waals surface area contributed by atoms with Crippen molar-refractivity contribution in [1.82, 2.24) is 15.2 Å². The van der Waals surface area contributed by atoms with Crippen molar-refractivity contribution in [2.24, 2.45) is 10.9 Å². The van der Waals surface area contributed by atoms with Gasteiger partial charge in [-0.2, -0.15) is 0 Å². The molecule has 0 spiro atoms. The van der Waals surface area contributed by atoms with Gasteiger partial charge in [-0.05, 0) is 37.5 Å². The van der Waals surface area contributed by atoms with Gasteiger partial charge in [-0.1, -0.05) is 24.3 Å². The van der Waals surface area contributed by atoms with E-state index in [0.717, 1.165) is 42.7 Å². The minimum atomic E-state index is 0.642. The molecule has 1 aromatic carbocycles. The van der Waals surface area contributed by atoms with Gasteiger partial charge in [0.1, 0.15) is 5.82 Å². The number of benzene rings is 1. The number of hydrogen-bond donors (Lipinski definition) is 1. The third kappa shape index (κ3) is 5.64. The summed E-state index contributed by atoms with van der Waals surface area (Å²) in [5.74, 6) is 3.86. The van der Waals surface area contributed by atoms with Crippen molar-refractivity contribution in [2.45, 2.75) is 24.8 Å². The Hall–Kier alpha value is -2.21. The standard InChI is InChI=1S/C22H31N5S/c1-4-23-22(25-15-19-9-8-13-24-21(19)26(2)3)27-14-12-18(16-27)17-28-20-10-6-5-7-11-20/h5-11,13,18H,4,12,14-17H2,1-3H3,(H,23,25). The molecule has 0 radical (unpaired) electrons. The number of hydrogen-bond acceptors (Lipinski definition) is 4. The van der Waals surface area contributed by atoms with E-state index in [4.69, 9.17) is 4.99 Å². The number of pyridine rings is 1. The van der Waals surface area contributed by atoms with Crippen LogP contribution in [0, 0.1) is 5.92 Å². The highest BCUT2D eigenvalue weighted by Gasteiger charge is 2.25. The minimum absolute atomic E-state index is 0.642. The van der Waals surface area contributed by atoms with Crippen molar-refractivity contribution in [2.75, 3.05) is 44.4 Å². The Morgan fingerprint density at radius 2 is 2.07 bits per heavy atom. The first kappa shape index (κ1) is 20.5. The van der Waals surface area contributed by atoms with Crippen LogP contribution in [0.15, 0.2) is 58.5 Å². The summed E-state index contributed by atoms with van der Waals surface area (Å²) < 4.78 is 0. The summed E-state index contributed by atoms with van der Waals surface area (Å²) in [5, 5.41) is 3.47. The van der Waals surface area contributed by atoms with Gasteiger partial charge in [-0.3, -0.25) is 0 Å². The van der Waals surface area contributed by atoms with Crippen LogP contribution < -0.4 is 10.2 Å². The third-order valence-electron chi connectivity index (χ3n) is 4.84. The molecule has 1 aromatic heterocycles. The molecule has 150 valence electrons. The number of nitrogens with one attached hydrogen (secondary N) is 1. The molecule has 1 atom stereocenters. The molecule has 0 aliphatic carbocycles. The van der Waals surface area contributed by atoms with Crippen molar-refractivity contribution < 1.29 is 0 Å². The zero-order chi connectivity index (χ0) is 19.8. The molecule has 0 saturated carbocycles. The molecule has 1 unspecified atom stereocenters. The number of guanidine groups is 1. The van der Waals surface area contributed by atoms with Gasteiger partial charge < -0.3 is 15.1 Å². The van der Waals surface area contributed by atoms with E-state index in [9.17, 15) is 0 Å². The molecule has 1 saturated heterocycles. The van der Waals surface area contributed by atoms with Crippen LogP contribution in [0.5, 0.6) is 0 Å². The molecule has 1 N–H and O–H groups in total. The Balaban J connectivity index is 1.60. The summed E-state index contributed by atoms with van der Waals surface area (Å²) in [7, 11) is 4.05. The summed E-state index contributed by atoms with van der Waals surface area (Å²) >= 11 is 1.96. The molecule has 6 heteroatoms. The van der Waals surface area contributed by atoms with E-state index in [2.05, 4.69) is 58.5 Å². The predicted molar refractivity (Wildman–Crippen MR) is 120 cm³/mol. The second-order valence-electron chi connectivity index (χ2n) is 7.28.